The molecule has 1 aromatic carbocycles. The Hall–Kier alpha value is -2.10. The van der Waals surface area contributed by atoms with Gasteiger partial charge in [-0.2, -0.15) is 0 Å². The van der Waals surface area contributed by atoms with Gasteiger partial charge in [-0.3, -0.25) is 9.59 Å². The van der Waals surface area contributed by atoms with Crippen LogP contribution in [0.15, 0.2) is 29.5 Å². The van der Waals surface area contributed by atoms with E-state index >= 15 is 0 Å². The summed E-state index contributed by atoms with van der Waals surface area (Å²) in [5.41, 5.74) is 0.509. The maximum atomic E-state index is 12.5. The van der Waals surface area contributed by atoms with Gasteiger partial charge in [-0.05, 0) is 49.6 Å². The van der Waals surface area contributed by atoms with Crippen LogP contribution in [-0.4, -0.2) is 23.8 Å². The number of fused-ring (bicyclic) bond motifs is 3. The third-order valence-corrected chi connectivity index (χ3v) is 5.24. The van der Waals surface area contributed by atoms with Gasteiger partial charge in [0, 0.05) is 22.8 Å². The lowest BCUT2D eigenvalue weighted by Crippen LogP contribution is -2.47. The highest BCUT2D eigenvalue weighted by Gasteiger charge is 2.53. The summed E-state index contributed by atoms with van der Waals surface area (Å²) in [4.78, 5) is 24.9. The lowest BCUT2D eigenvalue weighted by Gasteiger charge is -2.47. The van der Waals surface area contributed by atoms with Crippen LogP contribution >= 0.6 is 0 Å². The van der Waals surface area contributed by atoms with E-state index in [1.54, 1.807) is 33.1 Å². The van der Waals surface area contributed by atoms with E-state index < -0.39 is 16.6 Å². The summed E-state index contributed by atoms with van der Waals surface area (Å²) in [6.07, 6.45) is 1.02. The highest BCUT2D eigenvalue weighted by Crippen LogP contribution is 2.55. The largest absolute Gasteiger partial charge is 0.504 e. The summed E-state index contributed by atoms with van der Waals surface area (Å²) in [6, 6.07) is 5.27. The first-order chi connectivity index (χ1) is 10.2. The molecule has 1 atom stereocenters. The SMILES string of the molecule is COc1ccc2c(c1)C1(C)CCC(=O)C(C)(C)C1=C(O)C2=O. The maximum Gasteiger partial charge on any atom is 0.227 e. The fraction of sp³-hybridized carbons (Fsp3) is 0.444. The minimum absolute atomic E-state index is 0.0608. The van der Waals surface area contributed by atoms with Crippen LogP contribution in [-0.2, 0) is 10.2 Å². The van der Waals surface area contributed by atoms with E-state index in [2.05, 4.69) is 0 Å². The molecule has 116 valence electrons. The monoisotopic (exact) mass is 300 g/mol. The van der Waals surface area contributed by atoms with Crippen molar-refractivity contribution in [3.63, 3.8) is 0 Å². The predicted octanol–water partition coefficient (Wildman–Crippen LogP) is 3.35. The van der Waals surface area contributed by atoms with Crippen LogP contribution in [0.3, 0.4) is 0 Å². The Balaban J connectivity index is 2.33. The number of ketones is 2. The van der Waals surface area contributed by atoms with Crippen LogP contribution in [0.5, 0.6) is 5.75 Å². The second-order valence-corrected chi connectivity index (χ2v) is 6.84. The third-order valence-electron chi connectivity index (χ3n) is 5.24. The Labute approximate surface area is 129 Å². The molecule has 0 radical (unpaired) electrons. The van der Waals surface area contributed by atoms with Crippen LogP contribution < -0.4 is 4.74 Å². The molecular weight excluding hydrogens is 280 g/mol. The van der Waals surface area contributed by atoms with Crippen molar-refractivity contribution in [2.75, 3.05) is 7.11 Å². The molecule has 22 heavy (non-hydrogen) atoms. The second-order valence-electron chi connectivity index (χ2n) is 6.84. The van der Waals surface area contributed by atoms with Gasteiger partial charge in [0.15, 0.2) is 5.76 Å². The van der Waals surface area contributed by atoms with Crippen molar-refractivity contribution in [1.82, 2.24) is 0 Å². The van der Waals surface area contributed by atoms with Crippen molar-refractivity contribution >= 4 is 11.6 Å². The van der Waals surface area contributed by atoms with E-state index in [-0.39, 0.29) is 11.5 Å². The van der Waals surface area contributed by atoms with Crippen LogP contribution in [0.4, 0.5) is 0 Å². The molecule has 0 amide bonds. The number of ether oxygens (including phenoxy) is 1. The number of aliphatic hydroxyl groups is 1. The molecule has 1 unspecified atom stereocenters. The van der Waals surface area contributed by atoms with E-state index in [0.29, 0.717) is 29.7 Å². The molecule has 1 saturated carbocycles. The predicted molar refractivity (Wildman–Crippen MR) is 82.4 cm³/mol. The number of Topliss-reactive ketones (excluding diaryl/α,β-unsaturated/α-hetero) is 2. The first-order valence-electron chi connectivity index (χ1n) is 7.44. The van der Waals surface area contributed by atoms with Crippen LogP contribution in [0, 0.1) is 5.41 Å². The molecule has 1 N–H and O–H groups in total. The van der Waals surface area contributed by atoms with Gasteiger partial charge < -0.3 is 9.84 Å². The normalized spacial score (nSPS) is 26.5. The highest BCUT2D eigenvalue weighted by molar-refractivity contribution is 6.12. The van der Waals surface area contributed by atoms with E-state index in [9.17, 15) is 14.7 Å². The first kappa shape index (κ1) is 14.8. The zero-order valence-electron chi connectivity index (χ0n) is 13.3. The number of carbonyl (C=O) groups excluding carboxylic acids is 2. The van der Waals surface area contributed by atoms with Crippen LogP contribution in [0.1, 0.15) is 49.5 Å². The van der Waals surface area contributed by atoms with Crippen LogP contribution in [0.2, 0.25) is 0 Å². The number of allylic oxidation sites excluding steroid dienone is 2. The van der Waals surface area contributed by atoms with Gasteiger partial charge in [0.2, 0.25) is 5.78 Å². The number of rotatable bonds is 1. The molecule has 0 saturated heterocycles. The molecule has 4 nitrogen and oxygen atoms in total. The summed E-state index contributed by atoms with van der Waals surface area (Å²) >= 11 is 0. The molecule has 0 aromatic heterocycles. The maximum absolute atomic E-state index is 12.5. The summed E-state index contributed by atoms with van der Waals surface area (Å²) < 4.78 is 5.28. The fourth-order valence-electron chi connectivity index (χ4n) is 4.00. The fourth-order valence-corrected chi connectivity index (χ4v) is 4.00. The first-order valence-corrected chi connectivity index (χ1v) is 7.44. The second kappa shape index (κ2) is 4.45. The van der Waals surface area contributed by atoms with E-state index in [0.717, 1.165) is 5.56 Å². The average molecular weight is 300 g/mol. The number of hydrogen-bond donors (Lipinski definition) is 1. The molecule has 0 bridgehead atoms. The molecule has 4 heteroatoms. The molecule has 1 aromatic rings. The van der Waals surface area contributed by atoms with Gasteiger partial charge in [-0.1, -0.05) is 6.92 Å². The topological polar surface area (TPSA) is 63.6 Å². The van der Waals surface area contributed by atoms with Gasteiger partial charge in [0.05, 0.1) is 7.11 Å². The number of carbonyl (C=O) groups is 2. The molecular formula is C18H20O4. The number of aliphatic hydroxyl groups excluding tert-OH is 1. The molecule has 3 rings (SSSR count). The van der Waals surface area contributed by atoms with Crippen LogP contribution in [0.25, 0.3) is 0 Å². The molecule has 2 aliphatic carbocycles. The van der Waals surface area contributed by atoms with Crippen molar-refractivity contribution in [2.24, 2.45) is 5.41 Å². The lowest BCUT2D eigenvalue weighted by molar-refractivity contribution is -0.127. The zero-order valence-corrected chi connectivity index (χ0v) is 13.3. The van der Waals surface area contributed by atoms with E-state index in [1.165, 1.54) is 0 Å². The van der Waals surface area contributed by atoms with Gasteiger partial charge in [0.1, 0.15) is 11.5 Å². The van der Waals surface area contributed by atoms with E-state index in [1.807, 2.05) is 13.0 Å². The minimum Gasteiger partial charge on any atom is -0.504 e. The minimum atomic E-state index is -0.840. The Morgan fingerprint density at radius 2 is 1.86 bits per heavy atom. The Morgan fingerprint density at radius 3 is 2.50 bits per heavy atom. The Kier molecular flexibility index (Phi) is 3.00. The summed E-state index contributed by atoms with van der Waals surface area (Å²) in [6.45, 7) is 5.57. The quantitative estimate of drug-likeness (QED) is 0.864. The average Bonchev–Trinajstić information content (AvgIpc) is 2.48. The number of benzene rings is 1. The molecule has 2 aliphatic rings. The van der Waals surface area contributed by atoms with Gasteiger partial charge in [-0.25, -0.2) is 0 Å². The Morgan fingerprint density at radius 1 is 1.18 bits per heavy atom. The zero-order chi connectivity index (χ0) is 16.3. The molecule has 0 spiro atoms. The molecule has 0 heterocycles. The Bertz CT molecular complexity index is 727. The summed E-state index contributed by atoms with van der Waals surface area (Å²) in [7, 11) is 1.58. The molecule has 0 aliphatic heterocycles. The van der Waals surface area contributed by atoms with E-state index in [4.69, 9.17) is 4.74 Å². The highest BCUT2D eigenvalue weighted by atomic mass is 16.5. The van der Waals surface area contributed by atoms with Crippen molar-refractivity contribution in [3.05, 3.63) is 40.7 Å². The van der Waals surface area contributed by atoms with Crippen molar-refractivity contribution in [1.29, 1.82) is 0 Å². The van der Waals surface area contributed by atoms with Gasteiger partial charge in [0.25, 0.3) is 0 Å². The number of methoxy groups -OCH3 is 1. The lowest BCUT2D eigenvalue weighted by atomic mass is 9.54. The summed E-state index contributed by atoms with van der Waals surface area (Å²) in [5, 5.41) is 10.5. The molecule has 1 fully saturated rings. The van der Waals surface area contributed by atoms with Gasteiger partial charge in [-0.15, -0.1) is 0 Å². The standard InChI is InChI=1S/C18H20O4/c1-17(2)13(19)7-8-18(3)12-9-10(22-4)5-6-11(12)14(20)15(21)16(17)18/h5-6,9,21H,7-8H2,1-4H3. The van der Waals surface area contributed by atoms with Crippen molar-refractivity contribution < 1.29 is 19.4 Å². The van der Waals surface area contributed by atoms with Gasteiger partial charge >= 0.3 is 0 Å². The number of hydrogen-bond acceptors (Lipinski definition) is 4. The smallest absolute Gasteiger partial charge is 0.227 e. The third kappa shape index (κ3) is 1.70. The van der Waals surface area contributed by atoms with Crippen molar-refractivity contribution in [3.8, 4) is 5.75 Å². The van der Waals surface area contributed by atoms with Crippen molar-refractivity contribution in [2.45, 2.75) is 39.0 Å². The summed E-state index contributed by atoms with van der Waals surface area (Å²) in [5.74, 6) is 0.0556.